The van der Waals surface area contributed by atoms with E-state index in [1.807, 2.05) is 13.8 Å². The molecule has 2 N–H and O–H groups in total. The Morgan fingerprint density at radius 3 is 2.53 bits per heavy atom. The Hall–Kier alpha value is -0.650. The van der Waals surface area contributed by atoms with Crippen molar-refractivity contribution in [2.75, 3.05) is 32.7 Å². The van der Waals surface area contributed by atoms with Crippen LogP contribution in [0.2, 0.25) is 0 Å². The summed E-state index contributed by atoms with van der Waals surface area (Å²) in [5, 5.41) is 12.7. The van der Waals surface area contributed by atoms with Crippen LogP contribution >= 0.6 is 0 Å². The van der Waals surface area contributed by atoms with Crippen molar-refractivity contribution < 1.29 is 9.90 Å². The van der Waals surface area contributed by atoms with Crippen molar-refractivity contribution in [3.05, 3.63) is 0 Å². The van der Waals surface area contributed by atoms with Crippen LogP contribution in [0.1, 0.15) is 34.6 Å². The second-order valence-electron chi connectivity index (χ2n) is 6.15. The van der Waals surface area contributed by atoms with E-state index in [1.54, 1.807) is 6.92 Å². The molecule has 1 heterocycles. The minimum absolute atomic E-state index is 0.162. The molecule has 1 rings (SSSR count). The van der Waals surface area contributed by atoms with Crippen LogP contribution in [0.4, 0.5) is 0 Å². The molecule has 5 nitrogen and oxygen atoms in total. The summed E-state index contributed by atoms with van der Waals surface area (Å²) in [5.74, 6) is -0.772. The van der Waals surface area contributed by atoms with E-state index >= 15 is 0 Å². The van der Waals surface area contributed by atoms with Crippen molar-refractivity contribution in [3.8, 4) is 0 Å². The zero-order valence-corrected chi connectivity index (χ0v) is 12.9. The number of aliphatic carboxylic acids is 1. The Kier molecular flexibility index (Phi) is 5.77. The van der Waals surface area contributed by atoms with Gasteiger partial charge in [-0.1, -0.05) is 6.92 Å². The van der Waals surface area contributed by atoms with Gasteiger partial charge in [0.15, 0.2) is 0 Å². The van der Waals surface area contributed by atoms with Crippen molar-refractivity contribution >= 4 is 5.97 Å². The first-order valence-electron chi connectivity index (χ1n) is 7.26. The molecule has 1 fully saturated rings. The van der Waals surface area contributed by atoms with Gasteiger partial charge < -0.3 is 5.11 Å². The van der Waals surface area contributed by atoms with Crippen LogP contribution in [0.15, 0.2) is 0 Å². The van der Waals surface area contributed by atoms with Crippen LogP contribution in [-0.2, 0) is 4.79 Å². The largest absolute Gasteiger partial charge is 0.480 e. The molecule has 2 atom stereocenters. The molecule has 1 aliphatic rings. The molecule has 0 aromatic rings. The topological polar surface area (TPSA) is 55.8 Å². The van der Waals surface area contributed by atoms with Crippen molar-refractivity contribution in [2.24, 2.45) is 0 Å². The van der Waals surface area contributed by atoms with Gasteiger partial charge in [-0.25, -0.2) is 0 Å². The van der Waals surface area contributed by atoms with Gasteiger partial charge >= 0.3 is 5.97 Å². The third-order valence-electron chi connectivity index (χ3n) is 3.87. The van der Waals surface area contributed by atoms with Gasteiger partial charge in [0.1, 0.15) is 5.54 Å². The van der Waals surface area contributed by atoms with Crippen molar-refractivity contribution in [3.63, 3.8) is 0 Å². The Morgan fingerprint density at radius 1 is 1.47 bits per heavy atom. The minimum atomic E-state index is -0.873. The highest BCUT2D eigenvalue weighted by Crippen LogP contribution is 2.14. The predicted molar refractivity (Wildman–Crippen MR) is 77.5 cm³/mol. The van der Waals surface area contributed by atoms with Gasteiger partial charge in [-0.05, 0) is 34.2 Å². The first-order valence-corrected chi connectivity index (χ1v) is 7.26. The second-order valence-corrected chi connectivity index (χ2v) is 6.15. The van der Waals surface area contributed by atoms with Crippen molar-refractivity contribution in [1.29, 1.82) is 0 Å². The molecule has 0 aliphatic carbocycles. The van der Waals surface area contributed by atoms with Gasteiger partial charge in [-0.15, -0.1) is 0 Å². The Labute approximate surface area is 117 Å². The minimum Gasteiger partial charge on any atom is -0.480 e. The molecule has 5 heteroatoms. The second kappa shape index (κ2) is 6.68. The molecule has 0 aromatic carbocycles. The average molecular weight is 271 g/mol. The van der Waals surface area contributed by atoms with E-state index in [0.29, 0.717) is 12.6 Å². The SMILES string of the molecule is CCN1CCN(CC(C)(NC(C)C)C(=O)O)CC1C. The molecule has 1 aliphatic heterocycles. The quantitative estimate of drug-likeness (QED) is 0.750. The van der Waals surface area contributed by atoms with Gasteiger partial charge in [-0.2, -0.15) is 0 Å². The highest BCUT2D eigenvalue weighted by Gasteiger charge is 2.37. The summed E-state index contributed by atoms with van der Waals surface area (Å²) in [6, 6.07) is 0.659. The monoisotopic (exact) mass is 271 g/mol. The van der Waals surface area contributed by atoms with Crippen LogP contribution in [0.5, 0.6) is 0 Å². The van der Waals surface area contributed by atoms with Crippen LogP contribution in [0.3, 0.4) is 0 Å². The molecule has 112 valence electrons. The lowest BCUT2D eigenvalue weighted by Gasteiger charge is -2.42. The van der Waals surface area contributed by atoms with E-state index in [-0.39, 0.29) is 6.04 Å². The standard InChI is InChI=1S/C14H29N3O2/c1-6-17-8-7-16(9-12(17)4)10-14(5,13(18)19)15-11(2)3/h11-12,15H,6-10H2,1-5H3,(H,18,19). The number of carboxylic acids is 1. The molecule has 0 amide bonds. The van der Waals surface area contributed by atoms with Gasteiger partial charge in [0.05, 0.1) is 0 Å². The molecule has 0 saturated carbocycles. The Bertz CT molecular complexity index is 309. The van der Waals surface area contributed by atoms with E-state index < -0.39 is 11.5 Å². The number of likely N-dealkylation sites (N-methyl/N-ethyl adjacent to an activating group) is 1. The first kappa shape index (κ1) is 16.4. The number of nitrogens with zero attached hydrogens (tertiary/aromatic N) is 2. The van der Waals surface area contributed by atoms with E-state index in [9.17, 15) is 9.90 Å². The van der Waals surface area contributed by atoms with Gasteiger partial charge in [-0.3, -0.25) is 19.9 Å². The lowest BCUT2D eigenvalue weighted by Crippen LogP contribution is -2.62. The third-order valence-corrected chi connectivity index (χ3v) is 3.87. The number of rotatable bonds is 6. The fourth-order valence-corrected chi connectivity index (χ4v) is 2.94. The smallest absolute Gasteiger partial charge is 0.324 e. The summed E-state index contributed by atoms with van der Waals surface area (Å²) in [5.41, 5.74) is -0.873. The van der Waals surface area contributed by atoms with Crippen molar-refractivity contribution in [1.82, 2.24) is 15.1 Å². The summed E-state index contributed by atoms with van der Waals surface area (Å²) in [4.78, 5) is 16.2. The normalized spacial score (nSPS) is 25.5. The number of piperazine rings is 1. The lowest BCUT2D eigenvalue weighted by molar-refractivity contribution is -0.145. The van der Waals surface area contributed by atoms with Crippen LogP contribution < -0.4 is 5.32 Å². The maximum absolute atomic E-state index is 11.5. The summed E-state index contributed by atoms with van der Waals surface area (Å²) in [6.45, 7) is 14.7. The lowest BCUT2D eigenvalue weighted by atomic mass is 9.99. The molecule has 2 unspecified atom stereocenters. The van der Waals surface area contributed by atoms with Crippen LogP contribution in [-0.4, -0.2) is 71.2 Å². The Morgan fingerprint density at radius 2 is 2.11 bits per heavy atom. The fourth-order valence-electron chi connectivity index (χ4n) is 2.94. The molecule has 0 spiro atoms. The average Bonchev–Trinajstić information content (AvgIpc) is 2.27. The zero-order chi connectivity index (χ0) is 14.6. The maximum Gasteiger partial charge on any atom is 0.324 e. The molecule has 0 bridgehead atoms. The van der Waals surface area contributed by atoms with E-state index in [0.717, 1.165) is 26.2 Å². The summed E-state index contributed by atoms with van der Waals surface area (Å²) < 4.78 is 0. The molecular formula is C14H29N3O2. The molecule has 0 aromatic heterocycles. The fraction of sp³-hybridized carbons (Fsp3) is 0.929. The highest BCUT2D eigenvalue weighted by molar-refractivity contribution is 5.78. The van der Waals surface area contributed by atoms with Gasteiger partial charge in [0.25, 0.3) is 0 Å². The van der Waals surface area contributed by atoms with Gasteiger partial charge in [0.2, 0.25) is 0 Å². The van der Waals surface area contributed by atoms with E-state index in [4.69, 9.17) is 0 Å². The first-order chi connectivity index (χ1) is 8.78. The number of hydrogen-bond donors (Lipinski definition) is 2. The van der Waals surface area contributed by atoms with Crippen molar-refractivity contribution in [2.45, 2.75) is 52.2 Å². The molecular weight excluding hydrogens is 242 g/mol. The number of nitrogens with one attached hydrogen (secondary N) is 1. The number of hydrogen-bond acceptors (Lipinski definition) is 4. The summed E-state index contributed by atoms with van der Waals surface area (Å²) in [7, 11) is 0. The maximum atomic E-state index is 11.5. The zero-order valence-electron chi connectivity index (χ0n) is 12.9. The predicted octanol–water partition coefficient (Wildman–Crippen LogP) is 0.854. The molecule has 1 saturated heterocycles. The van der Waals surface area contributed by atoms with E-state index in [2.05, 4.69) is 29.0 Å². The van der Waals surface area contributed by atoms with Gasteiger partial charge in [0, 0.05) is 38.3 Å². The third kappa shape index (κ3) is 4.44. The highest BCUT2D eigenvalue weighted by atomic mass is 16.4. The van der Waals surface area contributed by atoms with E-state index in [1.165, 1.54) is 0 Å². The summed E-state index contributed by atoms with van der Waals surface area (Å²) >= 11 is 0. The molecule has 0 radical (unpaired) electrons. The Balaban J connectivity index is 2.63. The summed E-state index contributed by atoms with van der Waals surface area (Å²) in [6.07, 6.45) is 0. The molecule has 19 heavy (non-hydrogen) atoms. The van der Waals surface area contributed by atoms with Crippen LogP contribution in [0.25, 0.3) is 0 Å². The van der Waals surface area contributed by atoms with Crippen LogP contribution in [0, 0.1) is 0 Å². The number of carbonyl (C=O) groups is 1. The number of carboxylic acid groups (broad SMARTS) is 1.